The summed E-state index contributed by atoms with van der Waals surface area (Å²) in [6.07, 6.45) is 2.54. The summed E-state index contributed by atoms with van der Waals surface area (Å²) in [4.78, 5) is 20.8. The lowest BCUT2D eigenvalue weighted by atomic mass is 10.2. The minimum atomic E-state index is -4.07. The number of hydrogen-bond acceptors (Lipinski definition) is 6. The van der Waals surface area contributed by atoms with Crippen LogP contribution in [0.4, 0.5) is 19.6 Å². The Balaban J connectivity index is 1.54. The van der Waals surface area contributed by atoms with Gasteiger partial charge in [-0.2, -0.15) is 0 Å². The first-order valence-corrected chi connectivity index (χ1v) is 11.4. The summed E-state index contributed by atoms with van der Waals surface area (Å²) in [7, 11) is -4.07. The van der Waals surface area contributed by atoms with Gasteiger partial charge in [0, 0.05) is 17.1 Å². The van der Waals surface area contributed by atoms with Gasteiger partial charge in [0.15, 0.2) is 5.13 Å². The Morgan fingerprint density at radius 1 is 0.938 bits per heavy atom. The molecular weight excluding hydrogens is 458 g/mol. The van der Waals surface area contributed by atoms with Gasteiger partial charge in [-0.25, -0.2) is 22.2 Å². The molecule has 0 aliphatic heterocycles. The van der Waals surface area contributed by atoms with Crippen LogP contribution in [-0.4, -0.2) is 24.3 Å². The third kappa shape index (κ3) is 4.79. The van der Waals surface area contributed by atoms with Crippen LogP contribution >= 0.6 is 11.3 Å². The average molecular weight is 472 g/mol. The third-order valence-corrected chi connectivity index (χ3v) is 6.44. The lowest BCUT2D eigenvalue weighted by Crippen LogP contribution is -2.19. The van der Waals surface area contributed by atoms with E-state index in [-0.39, 0.29) is 27.1 Å². The standard InChI is InChI=1S/C21H14F2N4O3S2/c22-14-3-1-13(2-4-14)19-12-31-21(25-19)26-20(28)17-9-10-24-11-18(17)27-32(29,30)16-7-5-15(23)6-8-16/h1-12,27H,(H,25,26,28). The SMILES string of the molecule is O=C(Nc1nc(-c2ccc(F)cc2)cs1)c1ccncc1NS(=O)(=O)c1ccc(F)cc1. The van der Waals surface area contributed by atoms with Crippen molar-refractivity contribution in [2.75, 3.05) is 10.0 Å². The van der Waals surface area contributed by atoms with E-state index in [1.165, 1.54) is 30.6 Å². The van der Waals surface area contributed by atoms with Crippen molar-refractivity contribution >= 4 is 38.1 Å². The normalized spacial score (nSPS) is 11.2. The molecule has 7 nitrogen and oxygen atoms in total. The number of carbonyl (C=O) groups is 1. The maximum Gasteiger partial charge on any atom is 0.261 e. The van der Waals surface area contributed by atoms with Crippen molar-refractivity contribution in [3.63, 3.8) is 0 Å². The highest BCUT2D eigenvalue weighted by molar-refractivity contribution is 7.92. The zero-order chi connectivity index (χ0) is 22.7. The van der Waals surface area contributed by atoms with E-state index in [4.69, 9.17) is 0 Å². The van der Waals surface area contributed by atoms with Crippen LogP contribution < -0.4 is 10.0 Å². The first-order valence-electron chi connectivity index (χ1n) is 9.07. The van der Waals surface area contributed by atoms with Gasteiger partial charge in [-0.05, 0) is 54.6 Å². The molecule has 0 unspecified atom stereocenters. The minimum Gasteiger partial charge on any atom is -0.298 e. The van der Waals surface area contributed by atoms with Gasteiger partial charge in [-0.3, -0.25) is 19.8 Å². The fourth-order valence-electron chi connectivity index (χ4n) is 2.74. The second-order valence-corrected chi connectivity index (χ2v) is 9.02. The van der Waals surface area contributed by atoms with Gasteiger partial charge in [0.25, 0.3) is 15.9 Å². The number of benzene rings is 2. The largest absolute Gasteiger partial charge is 0.298 e. The molecule has 0 radical (unpaired) electrons. The van der Waals surface area contributed by atoms with Crippen molar-refractivity contribution in [1.29, 1.82) is 0 Å². The molecule has 4 rings (SSSR count). The molecule has 2 aromatic heterocycles. The number of anilines is 2. The van der Waals surface area contributed by atoms with E-state index < -0.39 is 21.7 Å². The van der Waals surface area contributed by atoms with Gasteiger partial charge in [0.2, 0.25) is 0 Å². The molecule has 4 aromatic rings. The fourth-order valence-corrected chi connectivity index (χ4v) is 4.52. The molecule has 0 aliphatic rings. The zero-order valence-electron chi connectivity index (χ0n) is 16.1. The predicted molar refractivity (Wildman–Crippen MR) is 117 cm³/mol. The number of thiazole rings is 1. The molecule has 0 spiro atoms. The number of sulfonamides is 1. The van der Waals surface area contributed by atoms with Crippen molar-refractivity contribution < 1.29 is 22.0 Å². The third-order valence-electron chi connectivity index (χ3n) is 4.30. The topological polar surface area (TPSA) is 101 Å². The van der Waals surface area contributed by atoms with Crippen molar-refractivity contribution in [3.8, 4) is 11.3 Å². The maximum atomic E-state index is 13.1. The molecule has 0 fully saturated rings. The molecule has 162 valence electrons. The molecule has 32 heavy (non-hydrogen) atoms. The molecule has 1 amide bonds. The van der Waals surface area contributed by atoms with Gasteiger partial charge in [0.05, 0.1) is 28.0 Å². The van der Waals surface area contributed by atoms with Crippen LogP contribution in [0.3, 0.4) is 0 Å². The first-order chi connectivity index (χ1) is 15.3. The predicted octanol–water partition coefficient (Wildman–Crippen LogP) is 4.54. The molecule has 0 saturated heterocycles. The second kappa shape index (κ2) is 8.81. The Morgan fingerprint density at radius 3 is 2.28 bits per heavy atom. The van der Waals surface area contributed by atoms with E-state index in [1.807, 2.05) is 0 Å². The van der Waals surface area contributed by atoms with Gasteiger partial charge >= 0.3 is 0 Å². The fraction of sp³-hybridized carbons (Fsp3) is 0. The molecule has 2 aromatic carbocycles. The summed E-state index contributed by atoms with van der Waals surface area (Å²) in [6.45, 7) is 0. The molecule has 0 atom stereocenters. The second-order valence-electron chi connectivity index (χ2n) is 6.48. The van der Waals surface area contributed by atoms with Crippen molar-refractivity contribution in [1.82, 2.24) is 9.97 Å². The Kier molecular flexibility index (Phi) is 5.93. The molecule has 2 heterocycles. The van der Waals surface area contributed by atoms with Crippen molar-refractivity contribution in [3.05, 3.63) is 89.6 Å². The highest BCUT2D eigenvalue weighted by Gasteiger charge is 2.20. The van der Waals surface area contributed by atoms with Crippen molar-refractivity contribution in [2.45, 2.75) is 4.90 Å². The van der Waals surface area contributed by atoms with Crippen LogP contribution in [0.2, 0.25) is 0 Å². The van der Waals surface area contributed by atoms with Gasteiger partial charge in [0.1, 0.15) is 11.6 Å². The zero-order valence-corrected chi connectivity index (χ0v) is 17.8. The molecule has 0 aliphatic carbocycles. The summed E-state index contributed by atoms with van der Waals surface area (Å²) >= 11 is 1.16. The van der Waals surface area contributed by atoms with Crippen LogP contribution in [0.15, 0.2) is 77.3 Å². The molecule has 11 heteroatoms. The number of amides is 1. The van der Waals surface area contributed by atoms with Crippen molar-refractivity contribution in [2.24, 2.45) is 0 Å². The summed E-state index contributed by atoms with van der Waals surface area (Å²) in [5.74, 6) is -1.55. The number of nitrogens with one attached hydrogen (secondary N) is 2. The molecule has 0 saturated carbocycles. The Bertz CT molecular complexity index is 1370. The number of hydrogen-bond donors (Lipinski definition) is 2. The Labute approximate surface area is 185 Å². The first kappa shape index (κ1) is 21.5. The summed E-state index contributed by atoms with van der Waals surface area (Å²) in [5.41, 5.74) is 1.20. The lowest BCUT2D eigenvalue weighted by molar-refractivity contribution is 0.102. The summed E-state index contributed by atoms with van der Waals surface area (Å²) < 4.78 is 53.7. The molecular formula is C21H14F2N4O3S2. The maximum absolute atomic E-state index is 13.1. The van der Waals surface area contributed by atoms with E-state index in [2.05, 4.69) is 20.0 Å². The summed E-state index contributed by atoms with van der Waals surface area (Å²) in [5, 5.41) is 4.59. The van der Waals surface area contributed by atoms with E-state index in [0.717, 1.165) is 35.6 Å². The van der Waals surface area contributed by atoms with Crippen LogP contribution in [-0.2, 0) is 10.0 Å². The van der Waals surface area contributed by atoms with E-state index in [0.29, 0.717) is 11.3 Å². The van der Waals surface area contributed by atoms with Crippen LogP contribution in [0.1, 0.15) is 10.4 Å². The number of pyridine rings is 1. The highest BCUT2D eigenvalue weighted by atomic mass is 32.2. The van der Waals surface area contributed by atoms with E-state index in [9.17, 15) is 22.0 Å². The van der Waals surface area contributed by atoms with Crippen LogP contribution in [0.5, 0.6) is 0 Å². The van der Waals surface area contributed by atoms with E-state index in [1.54, 1.807) is 17.5 Å². The molecule has 2 N–H and O–H groups in total. The number of nitrogens with zero attached hydrogens (tertiary/aromatic N) is 2. The minimum absolute atomic E-state index is 0.0178. The monoisotopic (exact) mass is 472 g/mol. The van der Waals surface area contributed by atoms with Gasteiger partial charge in [-0.15, -0.1) is 11.3 Å². The Morgan fingerprint density at radius 2 is 1.59 bits per heavy atom. The van der Waals surface area contributed by atoms with Crippen LogP contribution in [0.25, 0.3) is 11.3 Å². The summed E-state index contributed by atoms with van der Waals surface area (Å²) in [6, 6.07) is 11.4. The van der Waals surface area contributed by atoms with Crippen LogP contribution in [0, 0.1) is 11.6 Å². The number of rotatable bonds is 6. The van der Waals surface area contributed by atoms with Gasteiger partial charge in [-0.1, -0.05) is 0 Å². The smallest absolute Gasteiger partial charge is 0.261 e. The van der Waals surface area contributed by atoms with E-state index >= 15 is 0 Å². The number of halogens is 2. The molecule has 0 bridgehead atoms. The van der Waals surface area contributed by atoms with Gasteiger partial charge < -0.3 is 0 Å². The average Bonchev–Trinajstić information content (AvgIpc) is 3.23. The Hall–Kier alpha value is -3.70. The highest BCUT2D eigenvalue weighted by Crippen LogP contribution is 2.26. The quantitative estimate of drug-likeness (QED) is 0.429. The number of aromatic nitrogens is 2. The number of carbonyl (C=O) groups excluding carboxylic acids is 1. The lowest BCUT2D eigenvalue weighted by Gasteiger charge is -2.11.